The fourth-order valence-corrected chi connectivity index (χ4v) is 2.90. The zero-order valence-corrected chi connectivity index (χ0v) is 14.5. The predicted octanol–water partition coefficient (Wildman–Crippen LogP) is 3.58. The Labute approximate surface area is 146 Å². The molecule has 3 aromatic rings. The average Bonchev–Trinajstić information content (AvgIpc) is 3.00. The first-order valence-corrected chi connectivity index (χ1v) is 8.00. The second-order valence-electron chi connectivity index (χ2n) is 5.96. The van der Waals surface area contributed by atoms with E-state index >= 15 is 0 Å². The Hall–Kier alpha value is -3.08. The fourth-order valence-electron chi connectivity index (χ4n) is 2.90. The summed E-state index contributed by atoms with van der Waals surface area (Å²) in [4.78, 5) is 26.5. The van der Waals surface area contributed by atoms with E-state index in [0.717, 1.165) is 5.56 Å². The van der Waals surface area contributed by atoms with E-state index in [1.807, 2.05) is 30.3 Å². The van der Waals surface area contributed by atoms with Crippen LogP contribution in [0.4, 0.5) is 0 Å². The molecule has 0 saturated heterocycles. The Balaban J connectivity index is 2.01. The number of carbonyl (C=O) groups is 2. The molecule has 0 N–H and O–H groups in total. The minimum Gasteiger partial charge on any atom is -0.497 e. The number of benzene rings is 2. The van der Waals surface area contributed by atoms with Gasteiger partial charge in [0.1, 0.15) is 5.75 Å². The van der Waals surface area contributed by atoms with Crippen LogP contribution in [0.3, 0.4) is 0 Å². The summed E-state index contributed by atoms with van der Waals surface area (Å²) in [6, 6.07) is 15.2. The van der Waals surface area contributed by atoms with Gasteiger partial charge in [-0.15, -0.1) is 0 Å². The number of fused-ring (bicyclic) bond motifs is 1. The Kier molecular flexibility index (Phi) is 4.57. The molecule has 25 heavy (non-hydrogen) atoms. The van der Waals surface area contributed by atoms with Gasteiger partial charge in [-0.05, 0) is 23.8 Å². The lowest BCUT2D eigenvalue weighted by Crippen LogP contribution is -2.26. The Morgan fingerprint density at radius 2 is 1.84 bits per heavy atom. The molecule has 2 aromatic carbocycles. The molecule has 5 nitrogen and oxygen atoms in total. The van der Waals surface area contributed by atoms with Gasteiger partial charge in [0, 0.05) is 32.1 Å². The maximum atomic E-state index is 13.0. The maximum Gasteiger partial charge on any atom is 0.256 e. The van der Waals surface area contributed by atoms with Gasteiger partial charge in [0.2, 0.25) is 5.91 Å². The Morgan fingerprint density at radius 3 is 2.48 bits per heavy atom. The van der Waals surface area contributed by atoms with Crippen molar-refractivity contribution >= 4 is 22.7 Å². The van der Waals surface area contributed by atoms with Crippen LogP contribution >= 0.6 is 0 Å². The highest BCUT2D eigenvalue weighted by atomic mass is 16.5. The molecule has 0 fully saturated rings. The minimum absolute atomic E-state index is 0.137. The van der Waals surface area contributed by atoms with Gasteiger partial charge in [-0.25, -0.2) is 0 Å². The molecule has 1 heterocycles. The molecule has 0 aliphatic carbocycles. The van der Waals surface area contributed by atoms with Gasteiger partial charge in [-0.1, -0.05) is 30.3 Å². The monoisotopic (exact) mass is 336 g/mol. The van der Waals surface area contributed by atoms with Crippen molar-refractivity contribution in [1.82, 2.24) is 9.47 Å². The van der Waals surface area contributed by atoms with Gasteiger partial charge in [-0.2, -0.15) is 0 Å². The van der Waals surface area contributed by atoms with Gasteiger partial charge in [0.15, 0.2) is 0 Å². The van der Waals surface area contributed by atoms with Gasteiger partial charge >= 0.3 is 0 Å². The smallest absolute Gasteiger partial charge is 0.256 e. The Morgan fingerprint density at radius 1 is 1.12 bits per heavy atom. The van der Waals surface area contributed by atoms with Crippen LogP contribution in [0.25, 0.3) is 10.9 Å². The lowest BCUT2D eigenvalue weighted by molar-refractivity contribution is 0.0787. The van der Waals surface area contributed by atoms with Crippen LogP contribution in [0.15, 0.2) is 54.7 Å². The van der Waals surface area contributed by atoms with Gasteiger partial charge in [0.25, 0.3) is 5.91 Å². The van der Waals surface area contributed by atoms with Crippen LogP contribution in [-0.4, -0.2) is 35.4 Å². The molecule has 0 aliphatic heterocycles. The number of aromatic nitrogens is 1. The van der Waals surface area contributed by atoms with Gasteiger partial charge < -0.3 is 9.64 Å². The number of nitrogens with zero attached hydrogens (tertiary/aromatic N) is 2. The first kappa shape index (κ1) is 16.8. The van der Waals surface area contributed by atoms with Crippen LogP contribution in [-0.2, 0) is 6.54 Å². The largest absolute Gasteiger partial charge is 0.497 e. The summed E-state index contributed by atoms with van der Waals surface area (Å²) >= 11 is 0. The van der Waals surface area contributed by atoms with Gasteiger partial charge in [-0.3, -0.25) is 14.2 Å². The number of ether oxygens (including phenoxy) is 1. The molecule has 0 atom stereocenters. The summed E-state index contributed by atoms with van der Waals surface area (Å²) in [6.45, 7) is 1.97. The highest BCUT2D eigenvalue weighted by Crippen LogP contribution is 2.27. The molecule has 0 radical (unpaired) electrons. The SMILES string of the molecule is COc1ccc2c(c1)c(C(=O)N(C)Cc1ccccc1)cn2C(C)=O. The van der Waals surface area contributed by atoms with Crippen LogP contribution < -0.4 is 4.74 Å². The summed E-state index contributed by atoms with van der Waals surface area (Å²) < 4.78 is 6.76. The normalized spacial score (nSPS) is 10.7. The topological polar surface area (TPSA) is 51.5 Å². The van der Waals surface area contributed by atoms with E-state index in [1.54, 1.807) is 43.5 Å². The zero-order valence-electron chi connectivity index (χ0n) is 14.5. The molecule has 1 amide bonds. The van der Waals surface area contributed by atoms with E-state index in [-0.39, 0.29) is 11.8 Å². The molecular weight excluding hydrogens is 316 g/mol. The summed E-state index contributed by atoms with van der Waals surface area (Å²) in [5.41, 5.74) is 2.23. The van der Waals surface area contributed by atoms with Crippen molar-refractivity contribution in [2.45, 2.75) is 13.5 Å². The summed E-state index contributed by atoms with van der Waals surface area (Å²) in [7, 11) is 3.33. The number of hydrogen-bond donors (Lipinski definition) is 0. The fraction of sp³-hybridized carbons (Fsp3) is 0.200. The number of hydrogen-bond acceptors (Lipinski definition) is 3. The van der Waals surface area contributed by atoms with E-state index in [4.69, 9.17) is 4.74 Å². The lowest BCUT2D eigenvalue weighted by atomic mass is 10.1. The number of methoxy groups -OCH3 is 1. The van der Waals surface area contributed by atoms with Crippen molar-refractivity contribution in [2.24, 2.45) is 0 Å². The van der Waals surface area contributed by atoms with Crippen molar-refractivity contribution in [3.63, 3.8) is 0 Å². The van der Waals surface area contributed by atoms with E-state index in [1.165, 1.54) is 11.5 Å². The van der Waals surface area contributed by atoms with Crippen molar-refractivity contribution in [2.75, 3.05) is 14.2 Å². The summed E-state index contributed by atoms with van der Waals surface area (Å²) in [6.07, 6.45) is 1.61. The van der Waals surface area contributed by atoms with Crippen molar-refractivity contribution in [3.05, 3.63) is 65.9 Å². The first-order valence-electron chi connectivity index (χ1n) is 8.00. The maximum absolute atomic E-state index is 13.0. The molecular formula is C20H20N2O3. The number of amides is 1. The van der Waals surface area contributed by atoms with E-state index in [2.05, 4.69) is 0 Å². The Bertz CT molecular complexity index is 929. The molecule has 0 bridgehead atoms. The molecule has 0 saturated carbocycles. The predicted molar refractivity (Wildman–Crippen MR) is 97.0 cm³/mol. The van der Waals surface area contributed by atoms with Crippen LogP contribution in [0.2, 0.25) is 0 Å². The number of carbonyl (C=O) groups excluding carboxylic acids is 2. The summed E-state index contributed by atoms with van der Waals surface area (Å²) in [5, 5.41) is 0.708. The molecule has 0 spiro atoms. The summed E-state index contributed by atoms with van der Waals surface area (Å²) in [5.74, 6) is 0.371. The van der Waals surface area contributed by atoms with Crippen molar-refractivity contribution < 1.29 is 14.3 Å². The first-order chi connectivity index (χ1) is 12.0. The lowest BCUT2D eigenvalue weighted by Gasteiger charge is -2.17. The van der Waals surface area contributed by atoms with E-state index < -0.39 is 0 Å². The number of rotatable bonds is 4. The van der Waals surface area contributed by atoms with Crippen molar-refractivity contribution in [1.29, 1.82) is 0 Å². The average molecular weight is 336 g/mol. The molecule has 3 rings (SSSR count). The minimum atomic E-state index is -0.139. The third kappa shape index (κ3) is 3.26. The van der Waals surface area contributed by atoms with Crippen LogP contribution in [0.1, 0.15) is 27.6 Å². The third-order valence-electron chi connectivity index (χ3n) is 4.19. The standard InChI is InChI=1S/C20H20N2O3/c1-14(23)22-13-18(17-11-16(25-3)9-10-19(17)22)20(24)21(2)12-15-7-5-4-6-8-15/h4-11,13H,12H2,1-3H3. The highest BCUT2D eigenvalue weighted by molar-refractivity contribution is 6.09. The highest BCUT2D eigenvalue weighted by Gasteiger charge is 2.20. The second kappa shape index (κ2) is 6.81. The van der Waals surface area contributed by atoms with Crippen LogP contribution in [0, 0.1) is 0 Å². The second-order valence-corrected chi connectivity index (χ2v) is 5.96. The zero-order chi connectivity index (χ0) is 18.0. The molecule has 0 unspecified atom stereocenters. The van der Waals surface area contributed by atoms with E-state index in [0.29, 0.717) is 28.8 Å². The van der Waals surface area contributed by atoms with Crippen LogP contribution in [0.5, 0.6) is 5.75 Å². The molecule has 5 heteroatoms. The quantitative estimate of drug-likeness (QED) is 0.732. The molecule has 1 aromatic heterocycles. The molecule has 128 valence electrons. The third-order valence-corrected chi connectivity index (χ3v) is 4.19. The molecule has 0 aliphatic rings. The van der Waals surface area contributed by atoms with Gasteiger partial charge in [0.05, 0.1) is 18.2 Å². The van der Waals surface area contributed by atoms with Crippen molar-refractivity contribution in [3.8, 4) is 5.75 Å². The van der Waals surface area contributed by atoms with E-state index in [9.17, 15) is 9.59 Å².